The van der Waals surface area contributed by atoms with Gasteiger partial charge in [0.05, 0.1) is 10.7 Å². The Morgan fingerprint density at radius 2 is 2.22 bits per heavy atom. The van der Waals surface area contributed by atoms with Gasteiger partial charge in [0.25, 0.3) is 0 Å². The van der Waals surface area contributed by atoms with Crippen molar-refractivity contribution in [3.05, 3.63) is 16.4 Å². The van der Waals surface area contributed by atoms with Gasteiger partial charge < -0.3 is 5.32 Å². The van der Waals surface area contributed by atoms with Gasteiger partial charge in [-0.15, -0.1) is 0 Å². The number of aromatic nitrogens is 2. The average molecular weight is 314 g/mol. The molecule has 4 nitrogen and oxygen atoms in total. The van der Waals surface area contributed by atoms with Gasteiger partial charge in [-0.3, -0.25) is 9.48 Å². The van der Waals surface area contributed by atoms with E-state index in [1.54, 1.807) is 6.20 Å². The van der Waals surface area contributed by atoms with Crippen molar-refractivity contribution in [3.8, 4) is 0 Å². The fourth-order valence-electron chi connectivity index (χ4n) is 2.44. The first-order valence-corrected chi connectivity index (χ1v) is 7.35. The highest BCUT2D eigenvalue weighted by Gasteiger charge is 2.23. The van der Waals surface area contributed by atoms with Crippen LogP contribution in [0, 0.1) is 5.92 Å². The SMILES string of the molecule is CC(C)n1ncc(Br)c1C(=O)CC1CCNCC1. The van der Waals surface area contributed by atoms with Crippen LogP contribution in [0.25, 0.3) is 0 Å². The van der Waals surface area contributed by atoms with E-state index < -0.39 is 0 Å². The number of carbonyl (C=O) groups excluding carboxylic acids is 1. The summed E-state index contributed by atoms with van der Waals surface area (Å²) in [6.07, 6.45) is 4.55. The van der Waals surface area contributed by atoms with Crippen LogP contribution in [0.1, 0.15) is 49.6 Å². The molecule has 0 aliphatic carbocycles. The van der Waals surface area contributed by atoms with E-state index >= 15 is 0 Å². The van der Waals surface area contributed by atoms with E-state index in [4.69, 9.17) is 0 Å². The minimum absolute atomic E-state index is 0.208. The molecule has 2 heterocycles. The normalized spacial score (nSPS) is 17.3. The van der Waals surface area contributed by atoms with Crippen molar-refractivity contribution in [3.63, 3.8) is 0 Å². The van der Waals surface area contributed by atoms with Crippen molar-refractivity contribution < 1.29 is 4.79 Å². The van der Waals surface area contributed by atoms with E-state index in [9.17, 15) is 4.79 Å². The van der Waals surface area contributed by atoms with Crippen molar-refractivity contribution in [2.24, 2.45) is 5.92 Å². The molecule has 18 heavy (non-hydrogen) atoms. The van der Waals surface area contributed by atoms with Gasteiger partial charge in [-0.25, -0.2) is 0 Å². The zero-order chi connectivity index (χ0) is 13.1. The zero-order valence-corrected chi connectivity index (χ0v) is 12.5. The number of halogens is 1. The standard InChI is InChI=1S/C13H20BrN3O/c1-9(2)17-13(11(14)8-16-17)12(18)7-10-3-5-15-6-4-10/h8-10,15H,3-7H2,1-2H3. The summed E-state index contributed by atoms with van der Waals surface area (Å²) in [4.78, 5) is 12.4. The second-order valence-corrected chi connectivity index (χ2v) is 6.05. The van der Waals surface area contributed by atoms with Crippen molar-refractivity contribution in [2.75, 3.05) is 13.1 Å². The first-order valence-electron chi connectivity index (χ1n) is 6.56. The van der Waals surface area contributed by atoms with Crippen molar-refractivity contribution in [1.82, 2.24) is 15.1 Å². The minimum atomic E-state index is 0.208. The Labute approximate surface area is 116 Å². The summed E-state index contributed by atoms with van der Waals surface area (Å²) in [6.45, 7) is 6.15. The van der Waals surface area contributed by atoms with E-state index in [1.165, 1.54) is 0 Å². The van der Waals surface area contributed by atoms with E-state index in [0.717, 1.165) is 36.1 Å². The van der Waals surface area contributed by atoms with Crippen molar-refractivity contribution in [1.29, 1.82) is 0 Å². The first kappa shape index (κ1) is 13.7. The maximum Gasteiger partial charge on any atom is 0.182 e. The third-order valence-corrected chi connectivity index (χ3v) is 4.02. The number of nitrogens with zero attached hydrogens (tertiary/aromatic N) is 2. The molecule has 1 aromatic heterocycles. The van der Waals surface area contributed by atoms with E-state index in [-0.39, 0.29) is 11.8 Å². The molecule has 1 aromatic rings. The summed E-state index contributed by atoms with van der Waals surface area (Å²) in [6, 6.07) is 0.211. The van der Waals surface area contributed by atoms with Crippen LogP contribution in [0.2, 0.25) is 0 Å². The van der Waals surface area contributed by atoms with Crippen LogP contribution in [-0.2, 0) is 0 Å². The van der Waals surface area contributed by atoms with E-state index in [1.807, 2.05) is 18.5 Å². The van der Waals surface area contributed by atoms with Gasteiger partial charge in [0.15, 0.2) is 5.78 Å². The molecule has 0 bridgehead atoms. The fourth-order valence-corrected chi connectivity index (χ4v) is 2.93. The predicted octanol–water partition coefficient (Wildman–Crippen LogP) is 2.80. The van der Waals surface area contributed by atoms with Crippen LogP contribution >= 0.6 is 15.9 Å². The Morgan fingerprint density at radius 1 is 1.56 bits per heavy atom. The number of nitrogens with one attached hydrogen (secondary N) is 1. The summed E-state index contributed by atoms with van der Waals surface area (Å²) in [5, 5.41) is 7.59. The largest absolute Gasteiger partial charge is 0.317 e. The number of ketones is 1. The van der Waals surface area contributed by atoms with Gasteiger partial charge in [0, 0.05) is 12.5 Å². The Kier molecular flexibility index (Phi) is 4.56. The molecule has 0 saturated carbocycles. The first-order chi connectivity index (χ1) is 8.59. The zero-order valence-electron chi connectivity index (χ0n) is 10.9. The second-order valence-electron chi connectivity index (χ2n) is 5.20. The van der Waals surface area contributed by atoms with Crippen LogP contribution in [0.5, 0.6) is 0 Å². The van der Waals surface area contributed by atoms with Crippen LogP contribution in [-0.4, -0.2) is 28.7 Å². The Morgan fingerprint density at radius 3 is 2.83 bits per heavy atom. The highest BCUT2D eigenvalue weighted by atomic mass is 79.9. The molecule has 2 rings (SSSR count). The number of carbonyl (C=O) groups is 1. The minimum Gasteiger partial charge on any atom is -0.317 e. The molecule has 1 saturated heterocycles. The molecule has 0 unspecified atom stereocenters. The summed E-state index contributed by atoms with van der Waals surface area (Å²) < 4.78 is 2.63. The second kappa shape index (κ2) is 5.97. The van der Waals surface area contributed by atoms with Crippen LogP contribution in [0.4, 0.5) is 0 Å². The number of rotatable bonds is 4. The summed E-state index contributed by atoms with van der Waals surface area (Å²) in [5.74, 6) is 0.723. The van der Waals surface area contributed by atoms with Crippen molar-refractivity contribution >= 4 is 21.7 Å². The molecule has 0 spiro atoms. The number of hydrogen-bond donors (Lipinski definition) is 1. The number of Topliss-reactive ketones (excluding diaryl/α,β-unsaturated/α-hetero) is 1. The summed E-state index contributed by atoms with van der Waals surface area (Å²) in [7, 11) is 0. The van der Waals surface area contributed by atoms with E-state index in [0.29, 0.717) is 12.3 Å². The van der Waals surface area contributed by atoms with Gasteiger partial charge >= 0.3 is 0 Å². The van der Waals surface area contributed by atoms with Gasteiger partial charge in [0.2, 0.25) is 0 Å². The van der Waals surface area contributed by atoms with Gasteiger partial charge in [-0.1, -0.05) is 0 Å². The summed E-state index contributed by atoms with van der Waals surface area (Å²) in [5.41, 5.74) is 0.725. The fraction of sp³-hybridized carbons (Fsp3) is 0.692. The maximum atomic E-state index is 12.4. The molecule has 1 fully saturated rings. The highest BCUT2D eigenvalue weighted by Crippen LogP contribution is 2.25. The molecule has 5 heteroatoms. The Hall–Kier alpha value is -0.680. The van der Waals surface area contributed by atoms with Gasteiger partial charge in [-0.2, -0.15) is 5.10 Å². The van der Waals surface area contributed by atoms with Gasteiger partial charge in [0.1, 0.15) is 5.69 Å². The third kappa shape index (κ3) is 3.01. The lowest BCUT2D eigenvalue weighted by atomic mass is 9.92. The van der Waals surface area contributed by atoms with Crippen LogP contribution in [0.15, 0.2) is 10.7 Å². The maximum absolute atomic E-state index is 12.4. The number of hydrogen-bond acceptors (Lipinski definition) is 3. The smallest absolute Gasteiger partial charge is 0.182 e. The predicted molar refractivity (Wildman–Crippen MR) is 74.9 cm³/mol. The molecular weight excluding hydrogens is 294 g/mol. The average Bonchev–Trinajstić information content (AvgIpc) is 2.72. The lowest BCUT2D eigenvalue weighted by Gasteiger charge is -2.22. The molecule has 0 aromatic carbocycles. The van der Waals surface area contributed by atoms with Crippen LogP contribution < -0.4 is 5.32 Å². The van der Waals surface area contributed by atoms with Gasteiger partial charge in [-0.05, 0) is 61.6 Å². The molecule has 0 atom stereocenters. The molecule has 0 radical (unpaired) electrons. The molecule has 1 N–H and O–H groups in total. The molecular formula is C13H20BrN3O. The Bertz CT molecular complexity index is 422. The van der Waals surface area contributed by atoms with E-state index in [2.05, 4.69) is 26.3 Å². The Balaban J connectivity index is 2.10. The molecule has 1 aliphatic heterocycles. The molecule has 100 valence electrons. The number of piperidine rings is 1. The quantitative estimate of drug-likeness (QED) is 0.869. The summed E-state index contributed by atoms with van der Waals surface area (Å²) >= 11 is 3.43. The highest BCUT2D eigenvalue weighted by molar-refractivity contribution is 9.10. The lowest BCUT2D eigenvalue weighted by molar-refractivity contribution is 0.0939. The lowest BCUT2D eigenvalue weighted by Crippen LogP contribution is -2.29. The van der Waals surface area contributed by atoms with Crippen molar-refractivity contribution in [2.45, 2.75) is 39.2 Å². The molecule has 0 amide bonds. The topological polar surface area (TPSA) is 46.9 Å². The third-order valence-electron chi connectivity index (χ3n) is 3.44. The van der Waals surface area contributed by atoms with Crippen LogP contribution in [0.3, 0.4) is 0 Å². The monoisotopic (exact) mass is 313 g/mol. The molecule has 1 aliphatic rings.